The highest BCUT2D eigenvalue weighted by Crippen LogP contribution is 2.08. The topological polar surface area (TPSA) is 24.1 Å². The van der Waals surface area contributed by atoms with E-state index in [2.05, 4.69) is 31.6 Å². The van der Waals surface area contributed by atoms with Crippen molar-refractivity contribution >= 4 is 0 Å². The van der Waals surface area contributed by atoms with Crippen molar-refractivity contribution in [2.75, 3.05) is 7.05 Å². The molecule has 0 unspecified atom stereocenters. The Hall–Kier alpha value is -0.0800. The van der Waals surface area contributed by atoms with Gasteiger partial charge < -0.3 is 0 Å². The van der Waals surface area contributed by atoms with Gasteiger partial charge in [-0.05, 0) is 27.3 Å². The molecule has 0 aliphatic heterocycles. The van der Waals surface area contributed by atoms with Gasteiger partial charge in [-0.15, -0.1) is 0 Å². The first-order valence-electron chi connectivity index (χ1n) is 3.56. The molecule has 0 bridgehead atoms. The molecule has 0 fully saturated rings. The van der Waals surface area contributed by atoms with Crippen LogP contribution in [0.4, 0.5) is 0 Å². The summed E-state index contributed by atoms with van der Waals surface area (Å²) in [6.07, 6.45) is 2.43. The minimum Gasteiger partial charge on any atom is -0.260 e. The number of rotatable bonds is 4. The summed E-state index contributed by atoms with van der Waals surface area (Å²) in [4.78, 5) is 0. The first kappa shape index (κ1) is 8.92. The fraction of sp³-hybridized carbons (Fsp3) is 1.00. The Morgan fingerprint density at radius 1 is 1.33 bits per heavy atom. The Bertz CT molecular complexity index is 61.3. The lowest BCUT2D eigenvalue weighted by atomic mass is 10.0. The number of nitrogens with one attached hydrogen (secondary N) is 2. The minimum absolute atomic E-state index is 0.240. The first-order valence-corrected chi connectivity index (χ1v) is 3.56. The molecule has 0 radical (unpaired) electrons. The summed E-state index contributed by atoms with van der Waals surface area (Å²) in [7, 11) is 1.90. The fourth-order valence-electron chi connectivity index (χ4n) is 1.03. The average molecular weight is 130 g/mol. The third-order valence-electron chi connectivity index (χ3n) is 1.34. The van der Waals surface area contributed by atoms with E-state index in [1.54, 1.807) is 0 Å². The van der Waals surface area contributed by atoms with Crippen molar-refractivity contribution in [3.05, 3.63) is 0 Å². The van der Waals surface area contributed by atoms with E-state index >= 15 is 0 Å². The number of hydrogen-bond donors (Lipinski definition) is 2. The van der Waals surface area contributed by atoms with E-state index in [9.17, 15) is 0 Å². The standard InChI is InChI=1S/C7H18N2/c1-5-6-7(2,3)9-8-4/h8-9H,5-6H2,1-4H3. The molecule has 0 saturated heterocycles. The van der Waals surface area contributed by atoms with E-state index in [4.69, 9.17) is 0 Å². The molecule has 0 aromatic carbocycles. The highest BCUT2D eigenvalue weighted by atomic mass is 15.4. The van der Waals surface area contributed by atoms with Gasteiger partial charge in [-0.3, -0.25) is 10.9 Å². The molecule has 56 valence electrons. The first-order chi connectivity index (χ1) is 4.12. The van der Waals surface area contributed by atoms with E-state index in [-0.39, 0.29) is 5.54 Å². The van der Waals surface area contributed by atoms with Gasteiger partial charge in [-0.25, -0.2) is 0 Å². The van der Waals surface area contributed by atoms with Crippen LogP contribution in [0.1, 0.15) is 33.6 Å². The zero-order valence-corrected chi connectivity index (χ0v) is 6.91. The summed E-state index contributed by atoms with van der Waals surface area (Å²) in [6.45, 7) is 6.57. The Morgan fingerprint density at radius 2 is 1.89 bits per heavy atom. The van der Waals surface area contributed by atoms with Crippen molar-refractivity contribution in [2.24, 2.45) is 0 Å². The zero-order chi connectivity index (χ0) is 7.33. The van der Waals surface area contributed by atoms with Gasteiger partial charge in [0, 0.05) is 5.54 Å². The molecule has 2 nitrogen and oxygen atoms in total. The molecule has 0 rings (SSSR count). The van der Waals surface area contributed by atoms with Crippen LogP contribution in [0, 0.1) is 0 Å². The lowest BCUT2D eigenvalue weighted by Gasteiger charge is -2.24. The Balaban J connectivity index is 3.43. The van der Waals surface area contributed by atoms with Crippen molar-refractivity contribution in [1.29, 1.82) is 0 Å². The van der Waals surface area contributed by atoms with Gasteiger partial charge >= 0.3 is 0 Å². The van der Waals surface area contributed by atoms with Crippen LogP contribution in [0.25, 0.3) is 0 Å². The largest absolute Gasteiger partial charge is 0.260 e. The SMILES string of the molecule is CCCC(C)(C)NNC. The molecule has 0 atom stereocenters. The summed E-state index contributed by atoms with van der Waals surface area (Å²) < 4.78 is 0. The Kier molecular flexibility index (Phi) is 3.82. The molecule has 9 heavy (non-hydrogen) atoms. The van der Waals surface area contributed by atoms with Crippen molar-refractivity contribution in [2.45, 2.75) is 39.2 Å². The number of hydrazine groups is 1. The molecule has 0 aromatic heterocycles. The number of hydrogen-bond acceptors (Lipinski definition) is 2. The molecule has 0 aliphatic carbocycles. The highest BCUT2D eigenvalue weighted by molar-refractivity contribution is 4.73. The smallest absolute Gasteiger partial charge is 0.0267 e. The summed E-state index contributed by atoms with van der Waals surface area (Å²) in [6, 6.07) is 0. The van der Waals surface area contributed by atoms with Crippen LogP contribution in [0.2, 0.25) is 0 Å². The zero-order valence-electron chi connectivity index (χ0n) is 6.91. The maximum Gasteiger partial charge on any atom is 0.0267 e. The van der Waals surface area contributed by atoms with Crippen LogP contribution >= 0.6 is 0 Å². The Morgan fingerprint density at radius 3 is 2.22 bits per heavy atom. The molecule has 2 heteroatoms. The fourth-order valence-corrected chi connectivity index (χ4v) is 1.03. The molecule has 0 saturated carbocycles. The van der Waals surface area contributed by atoms with Gasteiger partial charge in [-0.2, -0.15) is 0 Å². The summed E-state index contributed by atoms with van der Waals surface area (Å²) >= 11 is 0. The molecular weight excluding hydrogens is 112 g/mol. The van der Waals surface area contributed by atoms with E-state index in [0.717, 1.165) is 0 Å². The van der Waals surface area contributed by atoms with Crippen molar-refractivity contribution in [1.82, 2.24) is 10.9 Å². The quantitative estimate of drug-likeness (QED) is 0.560. The van der Waals surface area contributed by atoms with Crippen LogP contribution in [0.5, 0.6) is 0 Å². The molecular formula is C7H18N2. The van der Waals surface area contributed by atoms with E-state index < -0.39 is 0 Å². The average Bonchev–Trinajstić information content (AvgIpc) is 1.64. The summed E-state index contributed by atoms with van der Waals surface area (Å²) in [5, 5.41) is 0. The second-order valence-corrected chi connectivity index (χ2v) is 3.01. The second kappa shape index (κ2) is 3.85. The van der Waals surface area contributed by atoms with Crippen LogP contribution in [0.3, 0.4) is 0 Å². The predicted molar refractivity (Wildman–Crippen MR) is 41.2 cm³/mol. The Labute approximate surface area is 58.0 Å². The van der Waals surface area contributed by atoms with Crippen molar-refractivity contribution in [3.63, 3.8) is 0 Å². The van der Waals surface area contributed by atoms with Gasteiger partial charge in [-0.1, -0.05) is 13.3 Å². The summed E-state index contributed by atoms with van der Waals surface area (Å²) in [5.74, 6) is 0. The molecule has 0 aromatic rings. The maximum atomic E-state index is 3.17. The monoisotopic (exact) mass is 130 g/mol. The predicted octanol–water partition coefficient (Wildman–Crippen LogP) is 1.29. The molecule has 0 heterocycles. The van der Waals surface area contributed by atoms with Crippen LogP contribution in [-0.4, -0.2) is 12.6 Å². The van der Waals surface area contributed by atoms with Crippen LogP contribution < -0.4 is 10.9 Å². The minimum atomic E-state index is 0.240. The van der Waals surface area contributed by atoms with Gasteiger partial charge in [0.05, 0.1) is 0 Å². The molecule has 0 aliphatic rings. The van der Waals surface area contributed by atoms with E-state index in [1.165, 1.54) is 12.8 Å². The van der Waals surface area contributed by atoms with Gasteiger partial charge in [0.1, 0.15) is 0 Å². The van der Waals surface area contributed by atoms with Crippen molar-refractivity contribution < 1.29 is 0 Å². The lowest BCUT2D eigenvalue weighted by Crippen LogP contribution is -2.46. The highest BCUT2D eigenvalue weighted by Gasteiger charge is 2.13. The van der Waals surface area contributed by atoms with Crippen molar-refractivity contribution in [3.8, 4) is 0 Å². The summed E-state index contributed by atoms with van der Waals surface area (Å²) in [5.41, 5.74) is 6.36. The normalized spacial score (nSPS) is 12.0. The maximum absolute atomic E-state index is 3.17. The molecule has 0 spiro atoms. The third kappa shape index (κ3) is 4.43. The van der Waals surface area contributed by atoms with Crippen LogP contribution in [-0.2, 0) is 0 Å². The van der Waals surface area contributed by atoms with E-state index in [0.29, 0.717) is 0 Å². The molecule has 0 amide bonds. The van der Waals surface area contributed by atoms with Gasteiger partial charge in [0.2, 0.25) is 0 Å². The van der Waals surface area contributed by atoms with Gasteiger partial charge in [0.15, 0.2) is 0 Å². The van der Waals surface area contributed by atoms with E-state index in [1.807, 2.05) is 7.05 Å². The third-order valence-corrected chi connectivity index (χ3v) is 1.34. The van der Waals surface area contributed by atoms with Crippen LogP contribution in [0.15, 0.2) is 0 Å². The second-order valence-electron chi connectivity index (χ2n) is 3.01. The van der Waals surface area contributed by atoms with Gasteiger partial charge in [0.25, 0.3) is 0 Å². The lowest BCUT2D eigenvalue weighted by molar-refractivity contribution is 0.324. The molecule has 2 N–H and O–H groups in total.